The van der Waals surface area contributed by atoms with Crippen LogP contribution in [-0.4, -0.2) is 27.6 Å². The number of anilines is 1. The van der Waals surface area contributed by atoms with Crippen LogP contribution < -0.4 is 15.4 Å². The SMILES string of the molecule is COc1ccccc1[C@@H](NC(=O)Nc1cccc([N+](=O)[O-])c1)c1nccn1C. The number of aromatic nitrogens is 2. The summed E-state index contributed by atoms with van der Waals surface area (Å²) in [4.78, 5) is 27.4. The zero-order valence-electron chi connectivity index (χ0n) is 15.3. The lowest BCUT2D eigenvalue weighted by atomic mass is 10.0. The Hall–Kier alpha value is -3.88. The van der Waals surface area contributed by atoms with Crippen LogP contribution in [0.4, 0.5) is 16.2 Å². The van der Waals surface area contributed by atoms with Gasteiger partial charge in [0.2, 0.25) is 0 Å². The number of hydrogen-bond donors (Lipinski definition) is 2. The minimum atomic E-state index is -0.588. The van der Waals surface area contributed by atoms with E-state index < -0.39 is 17.0 Å². The number of benzene rings is 2. The van der Waals surface area contributed by atoms with E-state index in [4.69, 9.17) is 4.74 Å². The highest BCUT2D eigenvalue weighted by atomic mass is 16.6. The van der Waals surface area contributed by atoms with Gasteiger partial charge in [0.25, 0.3) is 5.69 Å². The van der Waals surface area contributed by atoms with E-state index in [9.17, 15) is 14.9 Å². The summed E-state index contributed by atoms with van der Waals surface area (Å²) in [7, 11) is 3.38. The number of rotatable bonds is 6. The molecular formula is C19H19N5O4. The monoisotopic (exact) mass is 381 g/mol. The van der Waals surface area contributed by atoms with Crippen molar-refractivity contribution in [3.05, 3.63) is 82.4 Å². The van der Waals surface area contributed by atoms with Crippen molar-refractivity contribution < 1.29 is 14.5 Å². The predicted octanol–water partition coefficient (Wildman–Crippen LogP) is 3.25. The standard InChI is InChI=1S/C19H19N5O4/c1-23-11-10-20-18(23)17(15-8-3-4-9-16(15)28-2)22-19(25)21-13-6-5-7-14(12-13)24(26)27/h3-12,17H,1-2H3,(H2,21,22,25)/t17-/m1/s1. The van der Waals surface area contributed by atoms with Gasteiger partial charge < -0.3 is 19.9 Å². The number of nitrogens with one attached hydrogen (secondary N) is 2. The number of aryl methyl sites for hydroxylation is 1. The number of carbonyl (C=O) groups is 1. The summed E-state index contributed by atoms with van der Waals surface area (Å²) in [5.41, 5.74) is 0.932. The first-order chi connectivity index (χ1) is 13.5. The smallest absolute Gasteiger partial charge is 0.320 e. The zero-order valence-corrected chi connectivity index (χ0v) is 15.3. The molecule has 0 saturated carbocycles. The molecule has 9 nitrogen and oxygen atoms in total. The van der Waals surface area contributed by atoms with E-state index in [1.165, 1.54) is 18.2 Å². The molecule has 144 valence electrons. The second kappa shape index (κ2) is 8.21. The van der Waals surface area contributed by atoms with Crippen LogP contribution in [-0.2, 0) is 7.05 Å². The van der Waals surface area contributed by atoms with Crippen LogP contribution >= 0.6 is 0 Å². The second-order valence-corrected chi connectivity index (χ2v) is 5.98. The highest BCUT2D eigenvalue weighted by Crippen LogP contribution is 2.29. The van der Waals surface area contributed by atoms with Gasteiger partial charge in [-0.05, 0) is 12.1 Å². The maximum absolute atomic E-state index is 12.6. The largest absolute Gasteiger partial charge is 0.496 e. The molecule has 0 aliphatic heterocycles. The van der Waals surface area contributed by atoms with Crippen LogP contribution in [0.15, 0.2) is 60.9 Å². The number of ether oxygens (including phenoxy) is 1. The Morgan fingerprint density at radius 1 is 1.25 bits per heavy atom. The fourth-order valence-electron chi connectivity index (χ4n) is 2.84. The Balaban J connectivity index is 1.88. The Morgan fingerprint density at radius 3 is 2.71 bits per heavy atom. The normalized spacial score (nSPS) is 11.5. The lowest BCUT2D eigenvalue weighted by Gasteiger charge is -2.21. The molecule has 3 rings (SSSR count). The molecule has 9 heteroatoms. The van der Waals surface area contributed by atoms with Gasteiger partial charge in [-0.3, -0.25) is 10.1 Å². The Labute approximate surface area is 161 Å². The molecule has 3 aromatic rings. The summed E-state index contributed by atoms with van der Waals surface area (Å²) < 4.78 is 7.22. The number of non-ortho nitro benzene ring substituents is 1. The van der Waals surface area contributed by atoms with Gasteiger partial charge in [0.1, 0.15) is 17.6 Å². The van der Waals surface area contributed by atoms with Crippen molar-refractivity contribution in [3.8, 4) is 5.75 Å². The molecule has 0 aliphatic rings. The number of nitrogens with zero attached hydrogens (tertiary/aromatic N) is 3. The van der Waals surface area contributed by atoms with Crippen LogP contribution in [0.25, 0.3) is 0 Å². The average Bonchev–Trinajstić information content (AvgIpc) is 3.12. The van der Waals surface area contributed by atoms with Gasteiger partial charge in [-0.2, -0.15) is 0 Å². The third kappa shape index (κ3) is 4.09. The van der Waals surface area contributed by atoms with Crippen molar-refractivity contribution in [2.24, 2.45) is 7.05 Å². The summed E-state index contributed by atoms with van der Waals surface area (Å²) >= 11 is 0. The number of nitro groups is 1. The molecule has 0 fully saturated rings. The number of carbonyl (C=O) groups excluding carboxylic acids is 1. The van der Waals surface area contributed by atoms with Gasteiger partial charge in [0.15, 0.2) is 0 Å². The van der Waals surface area contributed by atoms with E-state index in [-0.39, 0.29) is 5.69 Å². The Bertz CT molecular complexity index is 1000. The van der Waals surface area contributed by atoms with E-state index >= 15 is 0 Å². The van der Waals surface area contributed by atoms with Crippen molar-refractivity contribution in [2.75, 3.05) is 12.4 Å². The molecule has 2 N–H and O–H groups in total. The van der Waals surface area contributed by atoms with Gasteiger partial charge in [-0.1, -0.05) is 24.3 Å². The lowest BCUT2D eigenvalue weighted by Crippen LogP contribution is -2.34. The molecule has 2 aromatic carbocycles. The number of para-hydroxylation sites is 1. The van der Waals surface area contributed by atoms with E-state index in [1.807, 2.05) is 25.2 Å². The highest BCUT2D eigenvalue weighted by molar-refractivity contribution is 5.90. The molecule has 0 bridgehead atoms. The second-order valence-electron chi connectivity index (χ2n) is 5.98. The molecule has 0 aliphatic carbocycles. The first-order valence-corrected chi connectivity index (χ1v) is 8.41. The van der Waals surface area contributed by atoms with Crippen molar-refractivity contribution in [1.82, 2.24) is 14.9 Å². The van der Waals surface area contributed by atoms with Crippen molar-refractivity contribution in [1.29, 1.82) is 0 Å². The van der Waals surface area contributed by atoms with Gasteiger partial charge >= 0.3 is 6.03 Å². The molecular weight excluding hydrogens is 362 g/mol. The topological polar surface area (TPSA) is 111 Å². The average molecular weight is 381 g/mol. The quantitative estimate of drug-likeness (QED) is 0.503. The summed E-state index contributed by atoms with van der Waals surface area (Å²) in [6.07, 6.45) is 3.41. The van der Waals surface area contributed by atoms with E-state index in [1.54, 1.807) is 36.2 Å². The lowest BCUT2D eigenvalue weighted by molar-refractivity contribution is -0.384. The summed E-state index contributed by atoms with van der Waals surface area (Å²) in [6.45, 7) is 0. The van der Waals surface area contributed by atoms with E-state index in [2.05, 4.69) is 15.6 Å². The third-order valence-corrected chi connectivity index (χ3v) is 4.16. The molecule has 0 radical (unpaired) electrons. The van der Waals surface area contributed by atoms with Gasteiger partial charge in [-0.25, -0.2) is 9.78 Å². The molecule has 2 amide bonds. The number of amides is 2. The number of nitro benzene ring substituents is 1. The fraction of sp³-hybridized carbons (Fsp3) is 0.158. The van der Waals surface area contributed by atoms with Crippen molar-refractivity contribution >= 4 is 17.4 Å². The Morgan fingerprint density at radius 2 is 2.04 bits per heavy atom. The van der Waals surface area contributed by atoms with Gasteiger partial charge in [-0.15, -0.1) is 0 Å². The fourth-order valence-corrected chi connectivity index (χ4v) is 2.84. The van der Waals surface area contributed by atoms with Crippen LogP contribution in [0.2, 0.25) is 0 Å². The molecule has 0 saturated heterocycles. The predicted molar refractivity (Wildman–Crippen MR) is 103 cm³/mol. The molecule has 28 heavy (non-hydrogen) atoms. The minimum Gasteiger partial charge on any atom is -0.496 e. The van der Waals surface area contributed by atoms with E-state index in [0.29, 0.717) is 17.3 Å². The molecule has 0 spiro atoms. The number of methoxy groups -OCH3 is 1. The van der Waals surface area contributed by atoms with Gasteiger partial charge in [0, 0.05) is 42.8 Å². The van der Waals surface area contributed by atoms with E-state index in [0.717, 1.165) is 5.56 Å². The van der Waals surface area contributed by atoms with Crippen LogP contribution in [0.3, 0.4) is 0 Å². The third-order valence-electron chi connectivity index (χ3n) is 4.16. The van der Waals surface area contributed by atoms with Crippen LogP contribution in [0.1, 0.15) is 17.4 Å². The van der Waals surface area contributed by atoms with Crippen molar-refractivity contribution in [3.63, 3.8) is 0 Å². The zero-order chi connectivity index (χ0) is 20.1. The number of urea groups is 1. The number of imidazole rings is 1. The summed E-state index contributed by atoms with van der Waals surface area (Å²) in [5, 5.41) is 16.4. The van der Waals surface area contributed by atoms with Crippen molar-refractivity contribution in [2.45, 2.75) is 6.04 Å². The molecule has 1 atom stereocenters. The molecule has 1 aromatic heterocycles. The van der Waals surface area contributed by atoms with Crippen LogP contribution in [0.5, 0.6) is 5.75 Å². The first-order valence-electron chi connectivity index (χ1n) is 8.41. The molecule has 0 unspecified atom stereocenters. The van der Waals surface area contributed by atoms with Crippen LogP contribution in [0, 0.1) is 10.1 Å². The maximum atomic E-state index is 12.6. The van der Waals surface area contributed by atoms with Gasteiger partial charge in [0.05, 0.1) is 12.0 Å². The first kappa shape index (κ1) is 18.9. The summed E-state index contributed by atoms with van der Waals surface area (Å²) in [5.74, 6) is 1.21. The summed E-state index contributed by atoms with van der Waals surface area (Å²) in [6, 6.07) is 11.9. The number of hydrogen-bond acceptors (Lipinski definition) is 5. The maximum Gasteiger partial charge on any atom is 0.320 e. The highest BCUT2D eigenvalue weighted by Gasteiger charge is 2.24. The Kier molecular flexibility index (Phi) is 5.54. The molecule has 1 heterocycles. The minimum absolute atomic E-state index is 0.108.